The summed E-state index contributed by atoms with van der Waals surface area (Å²) in [5.41, 5.74) is 0. The Balaban J connectivity index is 0.000000320. The van der Waals surface area contributed by atoms with Gasteiger partial charge in [-0.05, 0) is 18.3 Å². The zero-order valence-corrected chi connectivity index (χ0v) is 8.81. The maximum Gasteiger partial charge on any atom is 0 e. The molecule has 2 bridgehead atoms. The molecule has 41 valence electrons. The largest absolute Gasteiger partial charge is 0.0502 e. The minimum atomic E-state index is 0. The van der Waals surface area contributed by atoms with Crippen LogP contribution in [-0.4, -0.2) is 51.4 Å². The summed E-state index contributed by atoms with van der Waals surface area (Å²) in [4.78, 5) is 0. The fourth-order valence-electron chi connectivity index (χ4n) is 2.17. The summed E-state index contributed by atoms with van der Waals surface area (Å²) >= 11 is 0. The Morgan fingerprint density at radius 3 is 1.25 bits per heavy atom. The van der Waals surface area contributed by atoms with E-state index < -0.39 is 0 Å². The van der Waals surface area contributed by atoms with Crippen LogP contribution >= 0.6 is 0 Å². The molecular weight excluding hydrogens is 123 g/mol. The van der Waals surface area contributed by atoms with Gasteiger partial charge < -0.3 is 0 Å². The van der Waals surface area contributed by atoms with E-state index in [1.807, 2.05) is 0 Å². The summed E-state index contributed by atoms with van der Waals surface area (Å²) in [6.07, 6.45) is 7.82. The molecule has 0 aromatic rings. The molecule has 1 heteroatoms. The third kappa shape index (κ3) is 1.38. The molecule has 2 rings (SSSR count). The van der Waals surface area contributed by atoms with Crippen molar-refractivity contribution in [1.29, 1.82) is 0 Å². The molecule has 0 unspecified atom stereocenters. The molecule has 0 amide bonds. The minimum Gasteiger partial charge on any atom is -0.0502 e. The van der Waals surface area contributed by atoms with Crippen LogP contribution in [0.3, 0.4) is 0 Å². The van der Waals surface area contributed by atoms with Gasteiger partial charge in [0.1, 0.15) is 0 Å². The third-order valence-corrected chi connectivity index (χ3v) is 2.63. The Morgan fingerprint density at radius 2 is 1.12 bits per heavy atom. The smallest absolute Gasteiger partial charge is 0 e. The van der Waals surface area contributed by atoms with E-state index in [0.29, 0.717) is 0 Å². The Kier molecular flexibility index (Phi) is 3.05. The van der Waals surface area contributed by atoms with Crippen LogP contribution in [0.1, 0.15) is 32.1 Å². The molecule has 2 aliphatic carbocycles. The van der Waals surface area contributed by atoms with Crippen molar-refractivity contribution >= 4 is 51.4 Å². The molecule has 1 radical (unpaired) electrons. The second kappa shape index (κ2) is 3.15. The molecule has 0 aromatic carbocycles. The third-order valence-electron chi connectivity index (χ3n) is 2.63. The van der Waals surface area contributed by atoms with Gasteiger partial charge in [-0.15, -0.1) is 0 Å². The molecule has 8 heavy (non-hydrogen) atoms. The van der Waals surface area contributed by atoms with Crippen molar-refractivity contribution in [2.75, 3.05) is 0 Å². The molecule has 0 saturated heterocycles. The van der Waals surface area contributed by atoms with Gasteiger partial charge in [0, 0.05) is 51.4 Å². The van der Waals surface area contributed by atoms with E-state index in [2.05, 4.69) is 0 Å². The van der Waals surface area contributed by atoms with Gasteiger partial charge in [0.2, 0.25) is 0 Å². The van der Waals surface area contributed by atoms with E-state index in [1.165, 1.54) is 11.8 Å². The summed E-state index contributed by atoms with van der Waals surface area (Å²) in [5.74, 6) is 2.34. The van der Waals surface area contributed by atoms with Gasteiger partial charge in [-0.3, -0.25) is 0 Å². The average molecular weight is 135 g/mol. The zero-order valence-electron chi connectivity index (χ0n) is 5.69. The molecule has 2 saturated carbocycles. The van der Waals surface area contributed by atoms with E-state index in [0.717, 1.165) is 0 Å². The van der Waals surface area contributed by atoms with Crippen molar-refractivity contribution < 1.29 is 0 Å². The van der Waals surface area contributed by atoms with Crippen LogP contribution in [0.15, 0.2) is 0 Å². The maximum atomic E-state index is 1.58. The van der Waals surface area contributed by atoms with Crippen LogP contribution in [-0.2, 0) is 0 Å². The normalized spacial score (nSPS) is 42.0. The van der Waals surface area contributed by atoms with Crippen LogP contribution in [0.4, 0.5) is 0 Å². The van der Waals surface area contributed by atoms with Gasteiger partial charge in [-0.1, -0.05) is 25.7 Å². The Morgan fingerprint density at radius 1 is 0.750 bits per heavy atom. The van der Waals surface area contributed by atoms with Gasteiger partial charge in [0.15, 0.2) is 0 Å². The fourth-order valence-corrected chi connectivity index (χ4v) is 2.17. The van der Waals surface area contributed by atoms with Crippen LogP contribution in [0, 0.1) is 11.8 Å². The van der Waals surface area contributed by atoms with Gasteiger partial charge >= 0.3 is 0 Å². The SMILES string of the molecule is C1CC2CCC1C2.[K]. The molecule has 0 aliphatic heterocycles. The minimum absolute atomic E-state index is 0. The van der Waals surface area contributed by atoms with Crippen molar-refractivity contribution in [3.63, 3.8) is 0 Å². The van der Waals surface area contributed by atoms with Gasteiger partial charge in [-0.2, -0.15) is 0 Å². The molecule has 0 aromatic heterocycles. The molecule has 0 N–H and O–H groups in total. The first-order valence-corrected chi connectivity index (χ1v) is 3.45. The monoisotopic (exact) mass is 135 g/mol. The first kappa shape index (κ1) is 7.74. The molecular formula is C7H12K. The Labute approximate surface area is 93.8 Å². The molecule has 0 nitrogen and oxygen atoms in total. The van der Waals surface area contributed by atoms with Crippen molar-refractivity contribution in [2.24, 2.45) is 11.8 Å². The standard InChI is InChI=1S/C7H12.K/c1-2-7-4-3-6(1)5-7;/h6-7H,1-5H2;. The van der Waals surface area contributed by atoms with Crippen molar-refractivity contribution in [3.05, 3.63) is 0 Å². The predicted octanol–water partition coefficient (Wildman–Crippen LogP) is 1.82. The number of hydrogen-bond acceptors (Lipinski definition) is 0. The summed E-state index contributed by atoms with van der Waals surface area (Å²) in [6.45, 7) is 0. The van der Waals surface area contributed by atoms with E-state index in [9.17, 15) is 0 Å². The van der Waals surface area contributed by atoms with E-state index in [1.54, 1.807) is 32.1 Å². The molecule has 2 aliphatic rings. The maximum absolute atomic E-state index is 1.58. The van der Waals surface area contributed by atoms with E-state index in [-0.39, 0.29) is 51.4 Å². The van der Waals surface area contributed by atoms with Crippen molar-refractivity contribution in [2.45, 2.75) is 32.1 Å². The second-order valence-electron chi connectivity index (χ2n) is 3.12. The molecule has 0 heterocycles. The zero-order chi connectivity index (χ0) is 4.69. The Hall–Kier alpha value is 1.64. The van der Waals surface area contributed by atoms with E-state index in [4.69, 9.17) is 0 Å². The number of hydrogen-bond donors (Lipinski definition) is 0. The van der Waals surface area contributed by atoms with Crippen LogP contribution < -0.4 is 0 Å². The number of fused-ring (bicyclic) bond motifs is 2. The topological polar surface area (TPSA) is 0 Å². The van der Waals surface area contributed by atoms with Crippen molar-refractivity contribution in [1.82, 2.24) is 0 Å². The predicted molar refractivity (Wildman–Crippen MR) is 35.8 cm³/mol. The van der Waals surface area contributed by atoms with Gasteiger partial charge in [-0.25, -0.2) is 0 Å². The van der Waals surface area contributed by atoms with Gasteiger partial charge in [0.25, 0.3) is 0 Å². The van der Waals surface area contributed by atoms with Crippen LogP contribution in [0.25, 0.3) is 0 Å². The summed E-state index contributed by atoms with van der Waals surface area (Å²) in [6, 6.07) is 0. The Bertz CT molecular complexity index is 62.5. The first-order valence-electron chi connectivity index (χ1n) is 3.45. The average Bonchev–Trinajstić information content (AvgIpc) is 2.22. The molecule has 0 spiro atoms. The fraction of sp³-hybridized carbons (Fsp3) is 1.00. The van der Waals surface area contributed by atoms with Crippen molar-refractivity contribution in [3.8, 4) is 0 Å². The molecule has 0 atom stereocenters. The van der Waals surface area contributed by atoms with E-state index >= 15 is 0 Å². The second-order valence-corrected chi connectivity index (χ2v) is 3.12. The van der Waals surface area contributed by atoms with Gasteiger partial charge in [0.05, 0.1) is 0 Å². The quantitative estimate of drug-likeness (QED) is 0.444. The number of rotatable bonds is 0. The summed E-state index contributed by atoms with van der Waals surface area (Å²) < 4.78 is 0. The molecule has 2 fully saturated rings. The summed E-state index contributed by atoms with van der Waals surface area (Å²) in [7, 11) is 0. The first-order chi connectivity index (χ1) is 3.45. The van der Waals surface area contributed by atoms with Crippen LogP contribution in [0.2, 0.25) is 0 Å². The van der Waals surface area contributed by atoms with Crippen LogP contribution in [0.5, 0.6) is 0 Å². The summed E-state index contributed by atoms with van der Waals surface area (Å²) in [5, 5.41) is 0.